The fourth-order valence-corrected chi connectivity index (χ4v) is 3.17. The molecule has 1 heterocycles. The van der Waals surface area contributed by atoms with Crippen molar-refractivity contribution in [3.63, 3.8) is 0 Å². The second-order valence-corrected chi connectivity index (χ2v) is 6.03. The Morgan fingerprint density at radius 1 is 1.40 bits per heavy atom. The minimum absolute atomic E-state index is 0.0329. The van der Waals surface area contributed by atoms with E-state index in [1.54, 1.807) is 6.92 Å². The number of nitrogens with one attached hydrogen (secondary N) is 1. The number of rotatable bonds is 2. The molecule has 0 aromatic heterocycles. The van der Waals surface area contributed by atoms with Gasteiger partial charge >= 0.3 is 0 Å². The molecule has 1 saturated heterocycles. The third-order valence-corrected chi connectivity index (χ3v) is 4.56. The first-order chi connectivity index (χ1) is 9.40. The predicted octanol–water partition coefficient (Wildman–Crippen LogP) is 0.0135. The van der Waals surface area contributed by atoms with E-state index in [4.69, 9.17) is 5.73 Å². The van der Waals surface area contributed by atoms with Gasteiger partial charge in [-0.3, -0.25) is 19.7 Å². The predicted molar refractivity (Wildman–Crippen MR) is 73.4 cm³/mol. The zero-order valence-electron chi connectivity index (χ0n) is 12.1. The molecule has 1 aliphatic carbocycles. The summed E-state index contributed by atoms with van der Waals surface area (Å²) in [4.78, 5) is 37.0. The molecule has 2 fully saturated rings. The van der Waals surface area contributed by atoms with Crippen LogP contribution in [0.15, 0.2) is 0 Å². The fraction of sp³-hybridized carbons (Fsp3) is 0.786. The van der Waals surface area contributed by atoms with Gasteiger partial charge in [0.05, 0.1) is 0 Å². The monoisotopic (exact) mass is 281 g/mol. The quantitative estimate of drug-likeness (QED) is 0.698. The molecule has 4 atom stereocenters. The molecular weight excluding hydrogens is 258 g/mol. The molecule has 3 N–H and O–H groups in total. The van der Waals surface area contributed by atoms with Crippen molar-refractivity contribution in [2.75, 3.05) is 6.54 Å². The van der Waals surface area contributed by atoms with Crippen LogP contribution < -0.4 is 11.1 Å². The Morgan fingerprint density at radius 2 is 2.10 bits per heavy atom. The van der Waals surface area contributed by atoms with Gasteiger partial charge in [0.25, 0.3) is 0 Å². The molecule has 112 valence electrons. The standard InChI is InChI=1S/C14H23N3O3/c1-8(10-4-3-5-11(15)6-10)14(20)17-7-12(18)16-13(19)9(17)2/h8-11H,3-7,15H2,1-2H3,(H,16,18,19). The maximum atomic E-state index is 12.6. The molecule has 6 nitrogen and oxygen atoms in total. The van der Waals surface area contributed by atoms with Gasteiger partial charge in [-0.15, -0.1) is 0 Å². The summed E-state index contributed by atoms with van der Waals surface area (Å²) in [6.45, 7) is 3.50. The molecule has 2 rings (SSSR count). The highest BCUT2D eigenvalue weighted by Crippen LogP contribution is 2.31. The van der Waals surface area contributed by atoms with Crippen LogP contribution in [-0.4, -0.2) is 41.2 Å². The molecule has 1 saturated carbocycles. The van der Waals surface area contributed by atoms with Gasteiger partial charge in [-0.1, -0.05) is 13.3 Å². The molecule has 2 aliphatic rings. The van der Waals surface area contributed by atoms with E-state index in [1.807, 2.05) is 6.92 Å². The maximum Gasteiger partial charge on any atom is 0.249 e. The molecule has 0 radical (unpaired) electrons. The summed E-state index contributed by atoms with van der Waals surface area (Å²) in [6.07, 6.45) is 3.88. The second-order valence-electron chi connectivity index (χ2n) is 6.03. The lowest BCUT2D eigenvalue weighted by Crippen LogP contribution is -2.60. The molecular formula is C14H23N3O3. The average molecular weight is 281 g/mol. The van der Waals surface area contributed by atoms with Gasteiger partial charge in [-0.25, -0.2) is 0 Å². The average Bonchev–Trinajstić information content (AvgIpc) is 2.41. The SMILES string of the molecule is CC(C(=O)N1CC(=O)NC(=O)C1C)C1CCCC(N)C1. The number of carbonyl (C=O) groups excluding carboxylic acids is 3. The summed E-state index contributed by atoms with van der Waals surface area (Å²) in [6, 6.07) is -0.423. The van der Waals surface area contributed by atoms with Gasteiger partial charge in [0.15, 0.2) is 0 Å². The van der Waals surface area contributed by atoms with Crippen LogP contribution in [0.25, 0.3) is 0 Å². The van der Waals surface area contributed by atoms with Crippen LogP contribution in [0.2, 0.25) is 0 Å². The summed E-state index contributed by atoms with van der Waals surface area (Å²) in [5, 5.41) is 2.25. The third-order valence-electron chi connectivity index (χ3n) is 4.56. The number of hydrogen-bond acceptors (Lipinski definition) is 4. The first-order valence-electron chi connectivity index (χ1n) is 7.30. The number of nitrogens with zero attached hydrogens (tertiary/aromatic N) is 1. The van der Waals surface area contributed by atoms with Gasteiger partial charge < -0.3 is 10.6 Å². The number of amides is 3. The molecule has 0 aromatic carbocycles. The highest BCUT2D eigenvalue weighted by Gasteiger charge is 2.38. The van der Waals surface area contributed by atoms with Crippen LogP contribution in [0.5, 0.6) is 0 Å². The first-order valence-corrected chi connectivity index (χ1v) is 7.30. The molecule has 0 aromatic rings. The lowest BCUT2D eigenvalue weighted by Gasteiger charge is -2.37. The third kappa shape index (κ3) is 3.00. The Kier molecular flexibility index (Phi) is 4.42. The summed E-state index contributed by atoms with van der Waals surface area (Å²) in [7, 11) is 0. The summed E-state index contributed by atoms with van der Waals surface area (Å²) in [5.41, 5.74) is 5.97. The summed E-state index contributed by atoms with van der Waals surface area (Å²) in [5.74, 6) is -0.864. The van der Waals surface area contributed by atoms with E-state index in [2.05, 4.69) is 5.32 Å². The van der Waals surface area contributed by atoms with E-state index >= 15 is 0 Å². The summed E-state index contributed by atoms with van der Waals surface area (Å²) >= 11 is 0. The first kappa shape index (κ1) is 15.0. The van der Waals surface area contributed by atoms with Gasteiger partial charge in [0, 0.05) is 12.0 Å². The van der Waals surface area contributed by atoms with E-state index in [0.717, 1.165) is 25.7 Å². The van der Waals surface area contributed by atoms with Crippen molar-refractivity contribution >= 4 is 17.7 Å². The molecule has 0 spiro atoms. The normalized spacial score (nSPS) is 32.8. The van der Waals surface area contributed by atoms with Crippen LogP contribution in [-0.2, 0) is 14.4 Å². The van der Waals surface area contributed by atoms with Gasteiger partial charge in [-0.2, -0.15) is 0 Å². The molecule has 3 amide bonds. The van der Waals surface area contributed by atoms with E-state index in [-0.39, 0.29) is 30.3 Å². The Bertz CT molecular complexity index is 424. The van der Waals surface area contributed by atoms with E-state index in [1.165, 1.54) is 4.90 Å². The number of carbonyl (C=O) groups is 3. The van der Waals surface area contributed by atoms with Gasteiger partial charge in [-0.05, 0) is 32.1 Å². The Morgan fingerprint density at radius 3 is 2.75 bits per heavy atom. The van der Waals surface area contributed by atoms with Crippen LogP contribution in [0.4, 0.5) is 0 Å². The Labute approximate surface area is 119 Å². The number of piperazine rings is 1. The van der Waals surface area contributed by atoms with Crippen molar-refractivity contribution in [1.82, 2.24) is 10.2 Å². The highest BCUT2D eigenvalue weighted by atomic mass is 16.2. The minimum atomic E-state index is -0.583. The van der Waals surface area contributed by atoms with E-state index < -0.39 is 17.9 Å². The fourth-order valence-electron chi connectivity index (χ4n) is 3.17. The lowest BCUT2D eigenvalue weighted by molar-refractivity contribution is -0.152. The molecule has 1 aliphatic heterocycles. The largest absolute Gasteiger partial charge is 0.328 e. The molecule has 0 bridgehead atoms. The van der Waals surface area contributed by atoms with Gasteiger partial charge in [0.1, 0.15) is 12.6 Å². The van der Waals surface area contributed by atoms with Crippen molar-refractivity contribution in [3.8, 4) is 0 Å². The smallest absolute Gasteiger partial charge is 0.249 e. The van der Waals surface area contributed by atoms with Crippen molar-refractivity contribution in [2.24, 2.45) is 17.6 Å². The lowest BCUT2D eigenvalue weighted by atomic mass is 9.78. The maximum absolute atomic E-state index is 12.6. The zero-order chi connectivity index (χ0) is 14.9. The van der Waals surface area contributed by atoms with E-state index in [9.17, 15) is 14.4 Å². The second kappa shape index (κ2) is 5.91. The van der Waals surface area contributed by atoms with Crippen LogP contribution in [0.3, 0.4) is 0 Å². The van der Waals surface area contributed by atoms with Crippen LogP contribution in [0.1, 0.15) is 39.5 Å². The van der Waals surface area contributed by atoms with Gasteiger partial charge in [0.2, 0.25) is 17.7 Å². The highest BCUT2D eigenvalue weighted by molar-refractivity contribution is 6.04. The molecule has 4 unspecified atom stereocenters. The number of nitrogens with two attached hydrogens (primary N) is 1. The number of imide groups is 1. The Hall–Kier alpha value is -1.43. The van der Waals surface area contributed by atoms with Crippen molar-refractivity contribution in [3.05, 3.63) is 0 Å². The molecule has 20 heavy (non-hydrogen) atoms. The molecule has 6 heteroatoms. The topological polar surface area (TPSA) is 92.5 Å². The van der Waals surface area contributed by atoms with Crippen LogP contribution >= 0.6 is 0 Å². The van der Waals surface area contributed by atoms with Crippen molar-refractivity contribution < 1.29 is 14.4 Å². The van der Waals surface area contributed by atoms with E-state index in [0.29, 0.717) is 0 Å². The van der Waals surface area contributed by atoms with Crippen molar-refractivity contribution in [2.45, 2.75) is 51.6 Å². The Balaban J connectivity index is 2.05. The van der Waals surface area contributed by atoms with Crippen LogP contribution in [0, 0.1) is 11.8 Å². The minimum Gasteiger partial charge on any atom is -0.328 e. The summed E-state index contributed by atoms with van der Waals surface area (Å²) < 4.78 is 0. The number of hydrogen-bond donors (Lipinski definition) is 2. The zero-order valence-corrected chi connectivity index (χ0v) is 12.1. The van der Waals surface area contributed by atoms with Crippen molar-refractivity contribution in [1.29, 1.82) is 0 Å².